The second-order valence-corrected chi connectivity index (χ2v) is 3.26. The van der Waals surface area contributed by atoms with Crippen molar-refractivity contribution in [3.05, 3.63) is 23.8 Å². The Balaban J connectivity index is 2.47. The quantitative estimate of drug-likeness (QED) is 0.637. The number of hydrogen-bond donors (Lipinski definition) is 1. The van der Waals surface area contributed by atoms with E-state index >= 15 is 0 Å². The van der Waals surface area contributed by atoms with Crippen molar-refractivity contribution < 1.29 is 9.84 Å². The number of hydrogen-bond acceptors (Lipinski definition) is 2. The smallest absolute Gasteiger partial charge is 0.123 e. The van der Waals surface area contributed by atoms with Crippen molar-refractivity contribution in [1.82, 2.24) is 0 Å². The van der Waals surface area contributed by atoms with Crippen molar-refractivity contribution in [3.63, 3.8) is 0 Å². The Morgan fingerprint density at radius 3 is 3.17 bits per heavy atom. The number of aromatic hydroxyl groups is 1. The van der Waals surface area contributed by atoms with Crippen LogP contribution in [0.1, 0.15) is 24.8 Å². The Morgan fingerprint density at radius 1 is 1.50 bits per heavy atom. The fourth-order valence-corrected chi connectivity index (χ4v) is 1.55. The molecule has 0 spiro atoms. The molecule has 1 aromatic carbocycles. The van der Waals surface area contributed by atoms with Crippen LogP contribution in [0.25, 0.3) is 0 Å². The highest BCUT2D eigenvalue weighted by molar-refractivity contribution is 5.42. The number of ether oxygens (including phenoxy) is 1. The van der Waals surface area contributed by atoms with Crippen LogP contribution >= 0.6 is 0 Å². The lowest BCUT2D eigenvalue weighted by atomic mass is 9.95. The summed E-state index contributed by atoms with van der Waals surface area (Å²) in [5, 5.41) is 9.25. The molecule has 2 heteroatoms. The highest BCUT2D eigenvalue weighted by atomic mass is 16.5. The predicted octanol–water partition coefficient (Wildman–Crippen LogP) is 2.28. The number of fused-ring (bicyclic) bond motifs is 1. The van der Waals surface area contributed by atoms with Gasteiger partial charge < -0.3 is 9.84 Å². The van der Waals surface area contributed by atoms with E-state index in [1.807, 2.05) is 6.07 Å². The molecule has 0 saturated carbocycles. The average Bonchev–Trinajstić information content (AvgIpc) is 2.07. The first-order chi connectivity index (χ1) is 5.77. The van der Waals surface area contributed by atoms with E-state index in [9.17, 15) is 5.11 Å². The average molecular weight is 164 g/mol. The molecule has 0 aliphatic carbocycles. The van der Waals surface area contributed by atoms with Crippen LogP contribution in [0.3, 0.4) is 0 Å². The van der Waals surface area contributed by atoms with E-state index in [0.717, 1.165) is 24.3 Å². The van der Waals surface area contributed by atoms with Crippen molar-refractivity contribution in [2.75, 3.05) is 6.61 Å². The molecule has 0 amide bonds. The molecule has 1 atom stereocenters. The lowest BCUT2D eigenvalue weighted by molar-refractivity contribution is 0.271. The molecule has 1 unspecified atom stereocenters. The summed E-state index contributed by atoms with van der Waals surface area (Å²) in [7, 11) is 0. The number of benzene rings is 1. The summed E-state index contributed by atoms with van der Waals surface area (Å²) in [4.78, 5) is 0. The Labute approximate surface area is 71.8 Å². The van der Waals surface area contributed by atoms with Gasteiger partial charge in [0.2, 0.25) is 0 Å². The van der Waals surface area contributed by atoms with Gasteiger partial charge in [-0.1, -0.05) is 6.92 Å². The highest BCUT2D eigenvalue weighted by Crippen LogP contribution is 2.35. The first kappa shape index (κ1) is 7.47. The van der Waals surface area contributed by atoms with Crippen molar-refractivity contribution >= 4 is 0 Å². The van der Waals surface area contributed by atoms with Gasteiger partial charge >= 0.3 is 0 Å². The molecular formula is C10H12O2. The predicted molar refractivity (Wildman–Crippen MR) is 46.6 cm³/mol. The zero-order valence-corrected chi connectivity index (χ0v) is 7.08. The summed E-state index contributed by atoms with van der Waals surface area (Å²) in [5.74, 6) is 1.75. The largest absolute Gasteiger partial charge is 0.508 e. The number of phenolic OH excluding ortho intramolecular Hbond substituents is 1. The third-order valence-corrected chi connectivity index (χ3v) is 2.33. The van der Waals surface area contributed by atoms with E-state index in [0.29, 0.717) is 11.7 Å². The summed E-state index contributed by atoms with van der Waals surface area (Å²) >= 11 is 0. The van der Waals surface area contributed by atoms with Crippen LogP contribution in [0.2, 0.25) is 0 Å². The Hall–Kier alpha value is -1.18. The molecule has 0 bridgehead atoms. The molecule has 0 saturated heterocycles. The van der Waals surface area contributed by atoms with Crippen LogP contribution in [0.4, 0.5) is 0 Å². The molecule has 0 fully saturated rings. The van der Waals surface area contributed by atoms with Crippen LogP contribution in [0, 0.1) is 0 Å². The molecule has 12 heavy (non-hydrogen) atoms. The lowest BCUT2D eigenvalue weighted by Crippen LogP contribution is -2.11. The van der Waals surface area contributed by atoms with Gasteiger partial charge in [0.15, 0.2) is 0 Å². The molecule has 1 aromatic rings. The molecule has 2 nitrogen and oxygen atoms in total. The summed E-state index contributed by atoms with van der Waals surface area (Å²) < 4.78 is 5.44. The second kappa shape index (κ2) is 2.70. The molecular weight excluding hydrogens is 152 g/mol. The van der Waals surface area contributed by atoms with E-state index in [1.165, 1.54) is 0 Å². The van der Waals surface area contributed by atoms with Crippen molar-refractivity contribution in [2.45, 2.75) is 19.3 Å². The molecule has 64 valence electrons. The number of phenols is 1. The van der Waals surface area contributed by atoms with Gasteiger partial charge in [-0.15, -0.1) is 0 Å². The summed E-state index contributed by atoms with van der Waals surface area (Å²) in [6, 6.07) is 5.29. The van der Waals surface area contributed by atoms with E-state index in [4.69, 9.17) is 4.74 Å². The third kappa shape index (κ3) is 1.13. The zero-order valence-electron chi connectivity index (χ0n) is 7.08. The fourth-order valence-electron chi connectivity index (χ4n) is 1.55. The van der Waals surface area contributed by atoms with Gasteiger partial charge in [0, 0.05) is 5.56 Å². The maximum atomic E-state index is 9.25. The molecule has 0 radical (unpaired) electrons. The Bertz CT molecular complexity index is 294. The lowest BCUT2D eigenvalue weighted by Gasteiger charge is -2.22. The molecule has 2 rings (SSSR count). The molecule has 0 aromatic heterocycles. The van der Waals surface area contributed by atoms with E-state index < -0.39 is 0 Å². The molecule has 1 aliphatic rings. The van der Waals surface area contributed by atoms with Gasteiger partial charge in [-0.25, -0.2) is 0 Å². The minimum Gasteiger partial charge on any atom is -0.508 e. The molecule has 1 N–H and O–H groups in total. The van der Waals surface area contributed by atoms with Crippen LogP contribution in [0.15, 0.2) is 18.2 Å². The van der Waals surface area contributed by atoms with Crippen molar-refractivity contribution in [3.8, 4) is 11.5 Å². The van der Waals surface area contributed by atoms with E-state index in [2.05, 4.69) is 6.92 Å². The van der Waals surface area contributed by atoms with Gasteiger partial charge in [0.1, 0.15) is 11.5 Å². The Kier molecular flexibility index (Phi) is 1.68. The van der Waals surface area contributed by atoms with Crippen molar-refractivity contribution in [2.24, 2.45) is 0 Å². The molecule has 1 aliphatic heterocycles. The summed E-state index contributed by atoms with van der Waals surface area (Å²) in [6.45, 7) is 2.94. The van der Waals surface area contributed by atoms with E-state index in [-0.39, 0.29) is 0 Å². The standard InChI is InChI=1S/C10H12O2/c1-7-4-5-12-10-3-2-8(11)6-9(7)10/h2-3,6-7,11H,4-5H2,1H3. The van der Waals surface area contributed by atoms with Gasteiger partial charge in [-0.05, 0) is 30.5 Å². The van der Waals surface area contributed by atoms with Gasteiger partial charge in [0.25, 0.3) is 0 Å². The van der Waals surface area contributed by atoms with Crippen LogP contribution in [0.5, 0.6) is 11.5 Å². The zero-order chi connectivity index (χ0) is 8.55. The van der Waals surface area contributed by atoms with Gasteiger partial charge in [0.05, 0.1) is 6.61 Å². The first-order valence-electron chi connectivity index (χ1n) is 4.23. The maximum absolute atomic E-state index is 9.25. The van der Waals surface area contributed by atoms with Crippen LogP contribution in [-0.4, -0.2) is 11.7 Å². The second-order valence-electron chi connectivity index (χ2n) is 3.26. The fraction of sp³-hybridized carbons (Fsp3) is 0.400. The van der Waals surface area contributed by atoms with Gasteiger partial charge in [-0.2, -0.15) is 0 Å². The third-order valence-electron chi connectivity index (χ3n) is 2.33. The number of rotatable bonds is 0. The highest BCUT2D eigenvalue weighted by Gasteiger charge is 2.17. The van der Waals surface area contributed by atoms with Gasteiger partial charge in [-0.3, -0.25) is 0 Å². The maximum Gasteiger partial charge on any atom is 0.123 e. The monoisotopic (exact) mass is 164 g/mol. The summed E-state index contributed by atoms with van der Waals surface area (Å²) in [6.07, 6.45) is 1.04. The summed E-state index contributed by atoms with van der Waals surface area (Å²) in [5.41, 5.74) is 1.13. The van der Waals surface area contributed by atoms with E-state index in [1.54, 1.807) is 12.1 Å². The SMILES string of the molecule is CC1CCOc2ccc(O)cc21. The Morgan fingerprint density at radius 2 is 2.33 bits per heavy atom. The molecule has 1 heterocycles. The minimum atomic E-state index is 0.325. The normalized spacial score (nSPS) is 21.2. The minimum absolute atomic E-state index is 0.325. The van der Waals surface area contributed by atoms with Crippen molar-refractivity contribution in [1.29, 1.82) is 0 Å². The first-order valence-corrected chi connectivity index (χ1v) is 4.23. The van der Waals surface area contributed by atoms with Crippen LogP contribution in [-0.2, 0) is 0 Å². The topological polar surface area (TPSA) is 29.5 Å². The van der Waals surface area contributed by atoms with Crippen LogP contribution < -0.4 is 4.74 Å².